The summed E-state index contributed by atoms with van der Waals surface area (Å²) in [5.41, 5.74) is -0.167. The van der Waals surface area contributed by atoms with E-state index in [1.807, 2.05) is 16.8 Å². The van der Waals surface area contributed by atoms with E-state index in [0.29, 0.717) is 13.1 Å². The summed E-state index contributed by atoms with van der Waals surface area (Å²) in [7, 11) is 1.68. The molecule has 106 valence electrons. The molecule has 1 rings (SSSR count). The molecule has 0 aliphatic heterocycles. The first-order valence-electron chi connectivity index (χ1n) is 6.08. The molecule has 2 amide bonds. The molecule has 0 bridgehead atoms. The van der Waals surface area contributed by atoms with Crippen molar-refractivity contribution in [3.8, 4) is 0 Å². The Kier molecular flexibility index (Phi) is 4.94. The van der Waals surface area contributed by atoms with Gasteiger partial charge in [-0.1, -0.05) is 0 Å². The van der Waals surface area contributed by atoms with E-state index >= 15 is 0 Å². The predicted molar refractivity (Wildman–Crippen MR) is 75.3 cm³/mol. The summed E-state index contributed by atoms with van der Waals surface area (Å²) < 4.78 is 0. The number of nitrogens with zero attached hydrogens (tertiary/aromatic N) is 2. The van der Waals surface area contributed by atoms with Crippen LogP contribution in [-0.4, -0.2) is 46.0 Å². The molecule has 5 nitrogen and oxygen atoms in total. The standard InChI is InChI=1S/C13H20N2O3S/c1-5-15(13(2,3)11(16)17)12(18)14(4)8-10-6-7-19-9-10/h6-7,9H,5,8H2,1-4H3,(H,16,17). The molecule has 0 unspecified atom stereocenters. The smallest absolute Gasteiger partial charge is 0.329 e. The number of carboxylic acid groups (broad SMARTS) is 1. The zero-order valence-corrected chi connectivity index (χ0v) is 12.5. The van der Waals surface area contributed by atoms with E-state index < -0.39 is 11.5 Å². The summed E-state index contributed by atoms with van der Waals surface area (Å²) in [5, 5.41) is 13.1. The van der Waals surface area contributed by atoms with E-state index in [9.17, 15) is 14.7 Å². The first kappa shape index (κ1) is 15.5. The second-order valence-electron chi connectivity index (χ2n) is 4.88. The van der Waals surface area contributed by atoms with Crippen molar-refractivity contribution < 1.29 is 14.7 Å². The van der Waals surface area contributed by atoms with Crippen LogP contribution in [0.1, 0.15) is 26.3 Å². The first-order valence-corrected chi connectivity index (χ1v) is 7.02. The Hall–Kier alpha value is -1.56. The van der Waals surface area contributed by atoms with Gasteiger partial charge >= 0.3 is 12.0 Å². The Labute approximate surface area is 117 Å². The van der Waals surface area contributed by atoms with Gasteiger partial charge in [0.05, 0.1) is 0 Å². The Balaban J connectivity index is 2.81. The van der Waals surface area contributed by atoms with Gasteiger partial charge in [-0.3, -0.25) is 0 Å². The second kappa shape index (κ2) is 6.06. The fourth-order valence-electron chi connectivity index (χ4n) is 1.82. The highest BCUT2D eigenvalue weighted by atomic mass is 32.1. The molecule has 0 aliphatic carbocycles. The van der Waals surface area contributed by atoms with Crippen LogP contribution in [0.2, 0.25) is 0 Å². The maximum absolute atomic E-state index is 12.3. The first-order chi connectivity index (χ1) is 8.80. The molecule has 19 heavy (non-hydrogen) atoms. The van der Waals surface area contributed by atoms with Gasteiger partial charge < -0.3 is 14.9 Å². The molecular weight excluding hydrogens is 264 g/mol. The summed E-state index contributed by atoms with van der Waals surface area (Å²) in [4.78, 5) is 26.5. The molecular formula is C13H20N2O3S. The van der Waals surface area contributed by atoms with Crippen LogP contribution in [-0.2, 0) is 11.3 Å². The normalized spacial score (nSPS) is 11.2. The zero-order chi connectivity index (χ0) is 14.6. The maximum atomic E-state index is 12.3. The van der Waals surface area contributed by atoms with E-state index in [-0.39, 0.29) is 6.03 Å². The fraction of sp³-hybridized carbons (Fsp3) is 0.538. The molecule has 6 heteroatoms. The monoisotopic (exact) mass is 284 g/mol. The number of carbonyl (C=O) groups is 2. The van der Waals surface area contributed by atoms with Crippen molar-refractivity contribution in [2.24, 2.45) is 0 Å². The Morgan fingerprint density at radius 3 is 2.47 bits per heavy atom. The van der Waals surface area contributed by atoms with Crippen LogP contribution in [0.15, 0.2) is 16.8 Å². The lowest BCUT2D eigenvalue weighted by Gasteiger charge is -2.36. The summed E-state index contributed by atoms with van der Waals surface area (Å²) in [6, 6.07) is 1.67. The summed E-state index contributed by atoms with van der Waals surface area (Å²) >= 11 is 1.57. The number of urea groups is 1. The van der Waals surface area contributed by atoms with Gasteiger partial charge in [0.15, 0.2) is 0 Å². The third-order valence-corrected chi connectivity index (χ3v) is 3.80. The Morgan fingerprint density at radius 2 is 2.05 bits per heavy atom. The quantitative estimate of drug-likeness (QED) is 0.903. The molecule has 0 saturated carbocycles. The van der Waals surface area contributed by atoms with Gasteiger partial charge in [0.25, 0.3) is 0 Å². The van der Waals surface area contributed by atoms with Gasteiger partial charge in [0.2, 0.25) is 0 Å². The number of hydrogen-bond donors (Lipinski definition) is 1. The Morgan fingerprint density at radius 1 is 1.42 bits per heavy atom. The van der Waals surface area contributed by atoms with Crippen molar-refractivity contribution in [2.45, 2.75) is 32.9 Å². The average molecular weight is 284 g/mol. The second-order valence-corrected chi connectivity index (χ2v) is 5.66. The summed E-state index contributed by atoms with van der Waals surface area (Å²) in [6.07, 6.45) is 0. The van der Waals surface area contributed by atoms with E-state index in [2.05, 4.69) is 0 Å². The van der Waals surface area contributed by atoms with Crippen LogP contribution in [0, 0.1) is 0 Å². The largest absolute Gasteiger partial charge is 0.480 e. The SMILES string of the molecule is CCN(C(=O)N(C)Cc1ccsc1)C(C)(C)C(=O)O. The van der Waals surface area contributed by atoms with Gasteiger partial charge in [0.1, 0.15) is 5.54 Å². The highest BCUT2D eigenvalue weighted by Gasteiger charge is 2.38. The molecule has 0 fully saturated rings. The number of likely N-dealkylation sites (N-methyl/N-ethyl adjacent to an activating group) is 1. The van der Waals surface area contributed by atoms with Crippen molar-refractivity contribution >= 4 is 23.3 Å². The molecule has 0 atom stereocenters. The predicted octanol–water partition coefficient (Wildman–Crippen LogP) is 2.49. The highest BCUT2D eigenvalue weighted by molar-refractivity contribution is 7.07. The van der Waals surface area contributed by atoms with Crippen LogP contribution in [0.25, 0.3) is 0 Å². The number of aliphatic carboxylic acids is 1. The minimum absolute atomic E-state index is 0.277. The van der Waals surface area contributed by atoms with E-state index in [4.69, 9.17) is 0 Å². The molecule has 0 saturated heterocycles. The number of carboxylic acids is 1. The van der Waals surface area contributed by atoms with Gasteiger partial charge in [-0.25, -0.2) is 9.59 Å². The van der Waals surface area contributed by atoms with Crippen LogP contribution in [0.5, 0.6) is 0 Å². The Bertz CT molecular complexity index is 443. The summed E-state index contributed by atoms with van der Waals surface area (Å²) in [5.74, 6) is -1.01. The molecule has 0 spiro atoms. The fourth-order valence-corrected chi connectivity index (χ4v) is 2.48. The lowest BCUT2D eigenvalue weighted by molar-refractivity contribution is -0.147. The van der Waals surface area contributed by atoms with Crippen LogP contribution in [0.4, 0.5) is 4.79 Å². The van der Waals surface area contributed by atoms with Crippen molar-refractivity contribution in [1.29, 1.82) is 0 Å². The third-order valence-electron chi connectivity index (χ3n) is 3.07. The van der Waals surface area contributed by atoms with Crippen LogP contribution < -0.4 is 0 Å². The highest BCUT2D eigenvalue weighted by Crippen LogP contribution is 2.18. The van der Waals surface area contributed by atoms with Gasteiger partial charge in [-0.15, -0.1) is 0 Å². The minimum atomic E-state index is -1.21. The van der Waals surface area contributed by atoms with Gasteiger partial charge in [-0.05, 0) is 43.2 Å². The van der Waals surface area contributed by atoms with Crippen molar-refractivity contribution in [2.75, 3.05) is 13.6 Å². The van der Waals surface area contributed by atoms with Crippen molar-refractivity contribution in [1.82, 2.24) is 9.80 Å². The minimum Gasteiger partial charge on any atom is -0.480 e. The zero-order valence-electron chi connectivity index (χ0n) is 11.7. The lowest BCUT2D eigenvalue weighted by Crippen LogP contribution is -2.56. The van der Waals surface area contributed by atoms with E-state index in [1.54, 1.807) is 25.3 Å². The van der Waals surface area contributed by atoms with E-state index in [0.717, 1.165) is 5.56 Å². The van der Waals surface area contributed by atoms with Gasteiger partial charge in [-0.2, -0.15) is 11.3 Å². The number of rotatable bonds is 5. The average Bonchev–Trinajstić information content (AvgIpc) is 2.81. The van der Waals surface area contributed by atoms with E-state index in [1.165, 1.54) is 23.6 Å². The molecule has 1 heterocycles. The number of hydrogen-bond acceptors (Lipinski definition) is 3. The third kappa shape index (κ3) is 3.47. The maximum Gasteiger partial charge on any atom is 0.329 e. The number of thiophene rings is 1. The number of amides is 2. The lowest BCUT2D eigenvalue weighted by atomic mass is 10.0. The van der Waals surface area contributed by atoms with Crippen LogP contribution in [0.3, 0.4) is 0 Å². The van der Waals surface area contributed by atoms with Crippen molar-refractivity contribution in [3.63, 3.8) is 0 Å². The number of carbonyl (C=O) groups excluding carboxylic acids is 1. The molecule has 1 aromatic rings. The summed E-state index contributed by atoms with van der Waals surface area (Å²) in [6.45, 7) is 5.69. The molecule has 1 N–H and O–H groups in total. The van der Waals surface area contributed by atoms with Gasteiger partial charge in [0, 0.05) is 20.1 Å². The van der Waals surface area contributed by atoms with Crippen LogP contribution >= 0.6 is 11.3 Å². The molecule has 0 aliphatic rings. The molecule has 0 aromatic carbocycles. The molecule has 1 aromatic heterocycles. The molecule has 0 radical (unpaired) electrons. The topological polar surface area (TPSA) is 60.9 Å². The van der Waals surface area contributed by atoms with Crippen molar-refractivity contribution in [3.05, 3.63) is 22.4 Å².